The molecule has 1 atom stereocenters. The van der Waals surface area contributed by atoms with E-state index in [1.165, 1.54) is 0 Å². The first kappa shape index (κ1) is 11.4. The molecule has 18 heavy (non-hydrogen) atoms. The van der Waals surface area contributed by atoms with Crippen LogP contribution in [0.15, 0.2) is 41.4 Å². The van der Waals surface area contributed by atoms with E-state index in [1.807, 2.05) is 24.3 Å². The van der Waals surface area contributed by atoms with Crippen molar-refractivity contribution in [1.82, 2.24) is 0 Å². The Balaban J connectivity index is 2.24. The zero-order valence-corrected chi connectivity index (χ0v) is 11.0. The van der Waals surface area contributed by atoms with E-state index in [2.05, 4.69) is 26.8 Å². The van der Waals surface area contributed by atoms with Crippen molar-refractivity contribution in [1.29, 1.82) is 0 Å². The summed E-state index contributed by atoms with van der Waals surface area (Å²) in [6, 6.07) is 7.92. The lowest BCUT2D eigenvalue weighted by atomic mass is 9.68. The van der Waals surface area contributed by atoms with Crippen molar-refractivity contribution >= 4 is 11.5 Å². The molecule has 1 aromatic carbocycles. The predicted molar refractivity (Wildman–Crippen MR) is 73.4 cm³/mol. The lowest BCUT2D eigenvalue weighted by Gasteiger charge is -2.32. The minimum absolute atomic E-state index is 0.0536. The van der Waals surface area contributed by atoms with Crippen LogP contribution in [0.5, 0.6) is 0 Å². The third kappa shape index (κ3) is 1.41. The molecule has 2 heteroatoms. The maximum atomic E-state index is 12.0. The summed E-state index contributed by atoms with van der Waals surface area (Å²) in [6.07, 6.45) is 4.70. The summed E-state index contributed by atoms with van der Waals surface area (Å²) in [4.78, 5) is 16.7. The van der Waals surface area contributed by atoms with E-state index in [0.29, 0.717) is 0 Å². The van der Waals surface area contributed by atoms with Gasteiger partial charge in [0.2, 0.25) is 0 Å². The number of hydrogen-bond donors (Lipinski definition) is 0. The molecule has 3 rings (SSSR count). The lowest BCUT2D eigenvalue weighted by molar-refractivity contribution is 0.104. The first-order chi connectivity index (χ1) is 8.45. The highest BCUT2D eigenvalue weighted by Crippen LogP contribution is 2.46. The molecule has 0 bridgehead atoms. The number of carbonyl (C=O) groups excluding carboxylic acids is 1. The fourth-order valence-corrected chi connectivity index (χ4v) is 3.36. The molecule has 1 aliphatic carbocycles. The molecular weight excluding hydrogens is 222 g/mol. The number of allylic oxidation sites excluding steroid dienone is 2. The number of rotatable bonds is 0. The van der Waals surface area contributed by atoms with Crippen LogP contribution >= 0.6 is 0 Å². The second-order valence-corrected chi connectivity index (χ2v) is 5.90. The summed E-state index contributed by atoms with van der Waals surface area (Å²) in [5.41, 5.74) is 2.83. The summed E-state index contributed by atoms with van der Waals surface area (Å²) in [5, 5.41) is 0. The van der Waals surface area contributed by atoms with Gasteiger partial charge in [-0.2, -0.15) is 0 Å². The monoisotopic (exact) mass is 239 g/mol. The van der Waals surface area contributed by atoms with E-state index in [4.69, 9.17) is 4.99 Å². The quantitative estimate of drug-likeness (QED) is 0.683. The molecule has 0 saturated heterocycles. The minimum Gasteiger partial charge on any atom is -0.289 e. The second-order valence-electron chi connectivity index (χ2n) is 5.90. The van der Waals surface area contributed by atoms with Gasteiger partial charge in [0.25, 0.3) is 0 Å². The van der Waals surface area contributed by atoms with Crippen LogP contribution in [0, 0.1) is 0 Å². The molecule has 2 aliphatic rings. The summed E-state index contributed by atoms with van der Waals surface area (Å²) in [7, 11) is 0. The lowest BCUT2D eigenvalue weighted by Crippen LogP contribution is -2.35. The maximum absolute atomic E-state index is 12.0. The Kier molecular flexibility index (Phi) is 2.16. The molecule has 0 aromatic heterocycles. The highest BCUT2D eigenvalue weighted by atomic mass is 16.1. The fourth-order valence-electron chi connectivity index (χ4n) is 3.36. The van der Waals surface area contributed by atoms with E-state index < -0.39 is 0 Å². The van der Waals surface area contributed by atoms with Crippen LogP contribution in [0.2, 0.25) is 0 Å². The van der Waals surface area contributed by atoms with Crippen LogP contribution in [0.3, 0.4) is 0 Å². The zero-order chi connectivity index (χ0) is 13.0. The third-order valence-corrected chi connectivity index (χ3v) is 4.02. The van der Waals surface area contributed by atoms with Gasteiger partial charge in [-0.3, -0.25) is 9.79 Å². The van der Waals surface area contributed by atoms with Crippen LogP contribution in [-0.2, 0) is 5.41 Å². The number of carbonyl (C=O) groups is 1. The Labute approximate surface area is 107 Å². The molecular formula is C16H17NO. The average molecular weight is 239 g/mol. The molecule has 0 unspecified atom stereocenters. The highest BCUT2D eigenvalue weighted by molar-refractivity contribution is 6.11. The number of aliphatic imine (C=N–C) groups is 1. The van der Waals surface area contributed by atoms with Gasteiger partial charge in [-0.25, -0.2) is 0 Å². The maximum Gasteiger partial charge on any atom is 0.185 e. The van der Waals surface area contributed by atoms with E-state index in [1.54, 1.807) is 6.08 Å². The van der Waals surface area contributed by atoms with Gasteiger partial charge in [0, 0.05) is 11.3 Å². The van der Waals surface area contributed by atoms with Crippen LogP contribution in [0.25, 0.3) is 0 Å². The first-order valence-corrected chi connectivity index (χ1v) is 6.35. The summed E-state index contributed by atoms with van der Waals surface area (Å²) >= 11 is 0. The molecule has 1 aliphatic heterocycles. The molecule has 0 radical (unpaired) electrons. The average Bonchev–Trinajstić information content (AvgIpc) is 2.55. The summed E-state index contributed by atoms with van der Waals surface area (Å²) < 4.78 is 0. The number of hydrogen-bond acceptors (Lipinski definition) is 2. The fraction of sp³-hybridized carbons (Fsp3) is 0.375. The Hall–Kier alpha value is -1.70. The van der Waals surface area contributed by atoms with Crippen LogP contribution in [0.1, 0.15) is 43.1 Å². The van der Waals surface area contributed by atoms with Crippen molar-refractivity contribution in [2.45, 2.75) is 38.1 Å². The number of ketones is 1. The molecule has 1 spiro atoms. The van der Waals surface area contributed by atoms with Gasteiger partial charge in [-0.15, -0.1) is 0 Å². The molecule has 0 saturated carbocycles. The highest BCUT2D eigenvalue weighted by Gasteiger charge is 2.46. The van der Waals surface area contributed by atoms with Crippen LogP contribution < -0.4 is 0 Å². The predicted octanol–water partition coefficient (Wildman–Crippen LogP) is 3.32. The summed E-state index contributed by atoms with van der Waals surface area (Å²) in [6.45, 7) is 6.38. The van der Waals surface area contributed by atoms with Crippen LogP contribution in [0.4, 0.5) is 0 Å². The second kappa shape index (κ2) is 3.41. The Morgan fingerprint density at radius 3 is 2.61 bits per heavy atom. The minimum atomic E-state index is -0.173. The van der Waals surface area contributed by atoms with Crippen LogP contribution in [-0.4, -0.2) is 17.0 Å². The topological polar surface area (TPSA) is 29.4 Å². The SMILES string of the molecule is CC1=NC(C)(C)C[C@@]12C=CC(=O)c1ccccc12. The van der Waals surface area contributed by atoms with Gasteiger partial charge < -0.3 is 0 Å². The Morgan fingerprint density at radius 1 is 1.22 bits per heavy atom. The normalized spacial score (nSPS) is 28.4. The smallest absolute Gasteiger partial charge is 0.185 e. The number of nitrogens with zero attached hydrogens (tertiary/aromatic N) is 1. The molecule has 1 heterocycles. The van der Waals surface area contributed by atoms with E-state index in [-0.39, 0.29) is 16.7 Å². The largest absolute Gasteiger partial charge is 0.289 e. The first-order valence-electron chi connectivity index (χ1n) is 6.35. The molecule has 92 valence electrons. The number of fused-ring (bicyclic) bond motifs is 2. The van der Waals surface area contributed by atoms with Crippen molar-refractivity contribution in [3.63, 3.8) is 0 Å². The standard InChI is InChI=1S/C16H17NO/c1-11-16(10-15(2,3)17-11)9-8-14(18)12-6-4-5-7-13(12)16/h4-9H,10H2,1-3H3/t16-/m0/s1. The van der Waals surface area contributed by atoms with Crippen molar-refractivity contribution in [3.8, 4) is 0 Å². The Morgan fingerprint density at radius 2 is 1.94 bits per heavy atom. The van der Waals surface area contributed by atoms with Gasteiger partial charge in [0.1, 0.15) is 0 Å². The number of benzene rings is 1. The van der Waals surface area contributed by atoms with Gasteiger partial charge in [0.15, 0.2) is 5.78 Å². The molecule has 2 nitrogen and oxygen atoms in total. The van der Waals surface area contributed by atoms with E-state index >= 15 is 0 Å². The molecule has 0 N–H and O–H groups in total. The molecule has 0 amide bonds. The third-order valence-electron chi connectivity index (χ3n) is 4.02. The Bertz CT molecular complexity index is 595. The van der Waals surface area contributed by atoms with Gasteiger partial charge in [0.05, 0.1) is 11.0 Å². The van der Waals surface area contributed by atoms with Crippen molar-refractivity contribution in [2.24, 2.45) is 4.99 Å². The van der Waals surface area contributed by atoms with E-state index in [0.717, 1.165) is 23.3 Å². The van der Waals surface area contributed by atoms with Gasteiger partial charge in [-0.1, -0.05) is 30.3 Å². The van der Waals surface area contributed by atoms with Crippen molar-refractivity contribution in [2.75, 3.05) is 0 Å². The molecule has 1 aromatic rings. The van der Waals surface area contributed by atoms with Crippen molar-refractivity contribution < 1.29 is 4.79 Å². The van der Waals surface area contributed by atoms with Gasteiger partial charge in [-0.05, 0) is 38.8 Å². The summed E-state index contributed by atoms with van der Waals surface area (Å²) in [5.74, 6) is 0.105. The molecule has 0 fully saturated rings. The van der Waals surface area contributed by atoms with Crippen molar-refractivity contribution in [3.05, 3.63) is 47.5 Å². The van der Waals surface area contributed by atoms with Gasteiger partial charge >= 0.3 is 0 Å². The van der Waals surface area contributed by atoms with E-state index in [9.17, 15) is 4.79 Å². The zero-order valence-electron chi connectivity index (χ0n) is 11.0.